The molecule has 1 aromatic heterocycles. The van der Waals surface area contributed by atoms with Crippen molar-refractivity contribution in [3.8, 4) is 0 Å². The van der Waals surface area contributed by atoms with E-state index >= 15 is 0 Å². The van der Waals surface area contributed by atoms with E-state index in [9.17, 15) is 4.79 Å². The lowest BCUT2D eigenvalue weighted by atomic mass is 9.94. The van der Waals surface area contributed by atoms with Gasteiger partial charge in [-0.1, -0.05) is 18.2 Å². The van der Waals surface area contributed by atoms with Gasteiger partial charge in [-0.3, -0.25) is 9.48 Å². The van der Waals surface area contributed by atoms with E-state index in [1.54, 1.807) is 0 Å². The van der Waals surface area contributed by atoms with E-state index in [1.165, 1.54) is 18.5 Å². The SMILES string of the molecule is Cn1nccc1[C@@H]1CCCN(CCC(=O)Nc2ccccc2)C1. The summed E-state index contributed by atoms with van der Waals surface area (Å²) in [4.78, 5) is 14.5. The number of nitrogens with one attached hydrogen (secondary N) is 1. The van der Waals surface area contributed by atoms with Gasteiger partial charge in [0.25, 0.3) is 0 Å². The van der Waals surface area contributed by atoms with Crippen LogP contribution >= 0.6 is 0 Å². The van der Waals surface area contributed by atoms with Gasteiger partial charge in [-0.05, 0) is 37.6 Å². The maximum absolute atomic E-state index is 12.1. The Kier molecular flexibility index (Phi) is 5.08. The van der Waals surface area contributed by atoms with Crippen LogP contribution in [-0.4, -0.2) is 40.2 Å². The van der Waals surface area contributed by atoms with Crippen molar-refractivity contribution < 1.29 is 4.79 Å². The molecule has 1 aliphatic heterocycles. The van der Waals surface area contributed by atoms with Crippen LogP contribution < -0.4 is 5.32 Å². The summed E-state index contributed by atoms with van der Waals surface area (Å²) < 4.78 is 1.97. The number of piperidine rings is 1. The van der Waals surface area contributed by atoms with Crippen molar-refractivity contribution >= 4 is 11.6 Å². The van der Waals surface area contributed by atoms with Crippen LogP contribution in [0.3, 0.4) is 0 Å². The largest absolute Gasteiger partial charge is 0.326 e. The lowest BCUT2D eigenvalue weighted by Gasteiger charge is -2.32. The van der Waals surface area contributed by atoms with E-state index in [0.717, 1.165) is 25.3 Å². The molecule has 1 amide bonds. The number of para-hydroxylation sites is 1. The molecule has 0 bridgehead atoms. The smallest absolute Gasteiger partial charge is 0.225 e. The van der Waals surface area contributed by atoms with Crippen LogP contribution in [-0.2, 0) is 11.8 Å². The minimum atomic E-state index is 0.0823. The molecule has 2 aromatic rings. The van der Waals surface area contributed by atoms with Gasteiger partial charge in [-0.25, -0.2) is 0 Å². The molecule has 0 spiro atoms. The summed E-state index contributed by atoms with van der Waals surface area (Å²) in [6.45, 7) is 2.90. The molecule has 2 heterocycles. The highest BCUT2D eigenvalue weighted by Gasteiger charge is 2.23. The second kappa shape index (κ2) is 7.42. The fraction of sp³-hybridized carbons (Fsp3) is 0.444. The molecule has 1 aliphatic rings. The molecular weight excluding hydrogens is 288 g/mol. The molecule has 122 valence electrons. The van der Waals surface area contributed by atoms with Crippen molar-refractivity contribution in [1.82, 2.24) is 14.7 Å². The Labute approximate surface area is 137 Å². The van der Waals surface area contributed by atoms with E-state index in [1.807, 2.05) is 48.3 Å². The molecule has 3 rings (SSSR count). The minimum absolute atomic E-state index is 0.0823. The quantitative estimate of drug-likeness (QED) is 0.923. The number of likely N-dealkylation sites (tertiary alicyclic amines) is 1. The normalized spacial score (nSPS) is 18.7. The highest BCUT2D eigenvalue weighted by atomic mass is 16.1. The Morgan fingerprint density at radius 2 is 2.13 bits per heavy atom. The van der Waals surface area contributed by atoms with Gasteiger partial charge in [-0.15, -0.1) is 0 Å². The summed E-state index contributed by atoms with van der Waals surface area (Å²) >= 11 is 0. The van der Waals surface area contributed by atoms with Gasteiger partial charge < -0.3 is 10.2 Å². The third-order valence-electron chi connectivity index (χ3n) is 4.50. The van der Waals surface area contributed by atoms with Crippen molar-refractivity contribution in [3.05, 3.63) is 48.3 Å². The van der Waals surface area contributed by atoms with Gasteiger partial charge in [0.05, 0.1) is 0 Å². The third-order valence-corrected chi connectivity index (χ3v) is 4.50. The highest BCUT2D eigenvalue weighted by Crippen LogP contribution is 2.26. The van der Waals surface area contributed by atoms with Crippen LogP contribution in [0.2, 0.25) is 0 Å². The van der Waals surface area contributed by atoms with Crippen molar-refractivity contribution in [1.29, 1.82) is 0 Å². The first-order valence-electron chi connectivity index (χ1n) is 8.27. The van der Waals surface area contributed by atoms with E-state index in [4.69, 9.17) is 0 Å². The number of carbonyl (C=O) groups is 1. The molecule has 1 atom stereocenters. The minimum Gasteiger partial charge on any atom is -0.326 e. The fourth-order valence-corrected chi connectivity index (χ4v) is 3.29. The average molecular weight is 312 g/mol. The topological polar surface area (TPSA) is 50.2 Å². The maximum atomic E-state index is 12.1. The maximum Gasteiger partial charge on any atom is 0.225 e. The van der Waals surface area contributed by atoms with Crippen LogP contribution in [0.1, 0.15) is 30.9 Å². The van der Waals surface area contributed by atoms with E-state index in [0.29, 0.717) is 12.3 Å². The highest BCUT2D eigenvalue weighted by molar-refractivity contribution is 5.90. The van der Waals surface area contributed by atoms with Gasteiger partial charge in [0, 0.05) is 50.1 Å². The Hall–Kier alpha value is -2.14. The first-order chi connectivity index (χ1) is 11.2. The van der Waals surface area contributed by atoms with Crippen LogP contribution in [0, 0.1) is 0 Å². The molecule has 0 unspecified atom stereocenters. The van der Waals surface area contributed by atoms with Crippen molar-refractivity contribution in [2.24, 2.45) is 7.05 Å². The molecule has 23 heavy (non-hydrogen) atoms. The molecule has 0 saturated carbocycles. The summed E-state index contributed by atoms with van der Waals surface area (Å²) in [6.07, 6.45) is 4.77. The second-order valence-electron chi connectivity index (χ2n) is 6.18. The van der Waals surface area contributed by atoms with E-state index in [2.05, 4.69) is 21.4 Å². The zero-order valence-corrected chi connectivity index (χ0v) is 13.6. The standard InChI is InChI=1S/C18H24N4O/c1-21-17(9-11-19-21)15-6-5-12-22(14-15)13-10-18(23)20-16-7-3-2-4-8-16/h2-4,7-9,11,15H,5-6,10,12-14H2,1H3,(H,20,23)/t15-/m1/s1. The molecule has 0 aliphatic carbocycles. The molecule has 1 saturated heterocycles. The number of benzene rings is 1. The van der Waals surface area contributed by atoms with Gasteiger partial charge >= 0.3 is 0 Å². The van der Waals surface area contributed by atoms with Crippen molar-refractivity contribution in [3.63, 3.8) is 0 Å². The number of rotatable bonds is 5. The molecule has 1 N–H and O–H groups in total. The number of anilines is 1. The molecule has 0 radical (unpaired) electrons. The van der Waals surface area contributed by atoms with Crippen molar-refractivity contribution in [2.75, 3.05) is 25.0 Å². The number of aromatic nitrogens is 2. The first-order valence-corrected chi connectivity index (χ1v) is 8.27. The number of nitrogens with zero attached hydrogens (tertiary/aromatic N) is 3. The lowest BCUT2D eigenvalue weighted by Crippen LogP contribution is -2.37. The Morgan fingerprint density at radius 3 is 2.87 bits per heavy atom. The first kappa shape index (κ1) is 15.7. The molecule has 1 aromatic carbocycles. The summed E-state index contributed by atoms with van der Waals surface area (Å²) in [5, 5.41) is 7.22. The van der Waals surface area contributed by atoms with Gasteiger partial charge in [0.1, 0.15) is 0 Å². The lowest BCUT2D eigenvalue weighted by molar-refractivity contribution is -0.116. The molecular formula is C18H24N4O. The third kappa shape index (κ3) is 4.20. The molecule has 1 fully saturated rings. The van der Waals surface area contributed by atoms with Crippen LogP contribution in [0.4, 0.5) is 5.69 Å². The number of hydrogen-bond donors (Lipinski definition) is 1. The second-order valence-corrected chi connectivity index (χ2v) is 6.18. The molecule has 5 heteroatoms. The number of carbonyl (C=O) groups excluding carboxylic acids is 1. The Bertz CT molecular complexity index is 637. The predicted octanol–water partition coefficient (Wildman–Crippen LogP) is 2.63. The van der Waals surface area contributed by atoms with Gasteiger partial charge in [0.15, 0.2) is 0 Å². The van der Waals surface area contributed by atoms with Crippen LogP contribution in [0.5, 0.6) is 0 Å². The zero-order chi connectivity index (χ0) is 16.1. The number of hydrogen-bond acceptors (Lipinski definition) is 3. The fourth-order valence-electron chi connectivity index (χ4n) is 3.29. The number of amides is 1. The van der Waals surface area contributed by atoms with Crippen molar-refractivity contribution in [2.45, 2.75) is 25.2 Å². The Balaban J connectivity index is 1.48. The monoisotopic (exact) mass is 312 g/mol. The summed E-state index contributed by atoms with van der Waals surface area (Å²) in [5.74, 6) is 0.604. The molecule has 5 nitrogen and oxygen atoms in total. The van der Waals surface area contributed by atoms with Gasteiger partial charge in [0.2, 0.25) is 5.91 Å². The summed E-state index contributed by atoms with van der Waals surface area (Å²) in [5.41, 5.74) is 2.16. The zero-order valence-electron chi connectivity index (χ0n) is 13.6. The summed E-state index contributed by atoms with van der Waals surface area (Å²) in [7, 11) is 2.00. The van der Waals surface area contributed by atoms with Crippen LogP contribution in [0.15, 0.2) is 42.6 Å². The Morgan fingerprint density at radius 1 is 1.30 bits per heavy atom. The summed E-state index contributed by atoms with van der Waals surface area (Å²) in [6, 6.07) is 11.7. The van der Waals surface area contributed by atoms with E-state index < -0.39 is 0 Å². The average Bonchev–Trinajstić information content (AvgIpc) is 3.00. The predicted molar refractivity (Wildman–Crippen MR) is 91.3 cm³/mol. The van der Waals surface area contributed by atoms with Crippen LogP contribution in [0.25, 0.3) is 0 Å². The van der Waals surface area contributed by atoms with E-state index in [-0.39, 0.29) is 5.91 Å². The number of aryl methyl sites for hydroxylation is 1. The van der Waals surface area contributed by atoms with Gasteiger partial charge in [-0.2, -0.15) is 5.10 Å².